The van der Waals surface area contributed by atoms with E-state index in [1.54, 1.807) is 41.5 Å². The highest BCUT2D eigenvalue weighted by atomic mass is 19.1. The highest BCUT2D eigenvalue weighted by molar-refractivity contribution is 5.90. The fraction of sp³-hybridized carbons (Fsp3) is 0.680. The van der Waals surface area contributed by atoms with E-state index < -0.39 is 34.8 Å². The van der Waals surface area contributed by atoms with E-state index >= 15 is 4.39 Å². The Kier molecular flexibility index (Phi) is 6.97. The SMILES string of the molecule is CC(C)(C)OC(=O)c1cc(C2CC2)c(OCC2(F)CCN(C(=O)OC(C)(C)C)CC2)cc1F. The van der Waals surface area contributed by atoms with Gasteiger partial charge >= 0.3 is 12.1 Å². The standard InChI is InChI=1S/C25H35F2NO5/c1-23(2,3)32-21(29)18-13-17(16-7-8-16)20(14-19(18)26)31-15-25(27)9-11-28(12-10-25)22(30)33-24(4,5)6/h13-14,16H,7-12,15H2,1-6H3. The van der Waals surface area contributed by atoms with E-state index in [9.17, 15) is 14.0 Å². The molecule has 0 unspecified atom stereocenters. The van der Waals surface area contributed by atoms with Crippen LogP contribution in [0.25, 0.3) is 0 Å². The Morgan fingerprint density at radius 1 is 1.03 bits per heavy atom. The topological polar surface area (TPSA) is 65.1 Å². The normalized spacial score (nSPS) is 18.6. The zero-order valence-corrected chi connectivity index (χ0v) is 20.4. The van der Waals surface area contributed by atoms with Crippen LogP contribution in [0.4, 0.5) is 13.6 Å². The quantitative estimate of drug-likeness (QED) is 0.514. The molecule has 1 saturated heterocycles. The van der Waals surface area contributed by atoms with Crippen molar-refractivity contribution < 1.29 is 32.6 Å². The lowest BCUT2D eigenvalue weighted by Gasteiger charge is -2.36. The van der Waals surface area contributed by atoms with Crippen molar-refractivity contribution in [2.45, 2.75) is 90.0 Å². The lowest BCUT2D eigenvalue weighted by Crippen LogP contribution is -2.48. The lowest BCUT2D eigenvalue weighted by atomic mass is 9.94. The lowest BCUT2D eigenvalue weighted by molar-refractivity contribution is -0.00947. The Hall–Kier alpha value is -2.38. The number of hydrogen-bond acceptors (Lipinski definition) is 5. The molecule has 0 radical (unpaired) electrons. The Balaban J connectivity index is 1.66. The van der Waals surface area contributed by atoms with Gasteiger partial charge in [-0.1, -0.05) is 0 Å². The van der Waals surface area contributed by atoms with E-state index in [0.717, 1.165) is 18.9 Å². The fourth-order valence-electron chi connectivity index (χ4n) is 3.67. The van der Waals surface area contributed by atoms with Crippen molar-refractivity contribution in [3.8, 4) is 5.75 Å². The number of halogens is 2. The molecule has 0 bridgehead atoms. The van der Waals surface area contributed by atoms with Crippen molar-refractivity contribution in [2.24, 2.45) is 0 Å². The molecule has 0 aromatic heterocycles. The number of ether oxygens (including phenoxy) is 3. The van der Waals surface area contributed by atoms with Gasteiger partial charge in [-0.25, -0.2) is 18.4 Å². The fourth-order valence-corrected chi connectivity index (χ4v) is 3.67. The molecule has 2 fully saturated rings. The zero-order valence-electron chi connectivity index (χ0n) is 20.4. The second-order valence-electron chi connectivity index (χ2n) is 11.1. The van der Waals surface area contributed by atoms with Gasteiger partial charge < -0.3 is 19.1 Å². The van der Waals surface area contributed by atoms with E-state index in [1.807, 2.05) is 0 Å². The van der Waals surface area contributed by atoms with Crippen molar-refractivity contribution >= 4 is 12.1 Å². The maximum atomic E-state index is 15.4. The van der Waals surface area contributed by atoms with Crippen LogP contribution in [0.3, 0.4) is 0 Å². The Labute approximate surface area is 194 Å². The van der Waals surface area contributed by atoms with Crippen molar-refractivity contribution in [3.63, 3.8) is 0 Å². The molecule has 2 aliphatic rings. The van der Waals surface area contributed by atoms with Crippen LogP contribution in [-0.2, 0) is 9.47 Å². The summed E-state index contributed by atoms with van der Waals surface area (Å²) in [7, 11) is 0. The molecule has 1 aromatic rings. The average molecular weight is 468 g/mol. The van der Waals surface area contributed by atoms with E-state index in [0.29, 0.717) is 5.56 Å². The predicted octanol–water partition coefficient (Wildman–Crippen LogP) is 5.78. The summed E-state index contributed by atoms with van der Waals surface area (Å²) >= 11 is 0. The number of piperidine rings is 1. The molecule has 0 spiro atoms. The van der Waals surface area contributed by atoms with Gasteiger partial charge in [0.05, 0.1) is 5.56 Å². The van der Waals surface area contributed by atoms with Gasteiger partial charge in [0.1, 0.15) is 35.0 Å². The number of esters is 1. The molecule has 1 aromatic carbocycles. The summed E-state index contributed by atoms with van der Waals surface area (Å²) in [6.45, 7) is 10.7. The summed E-state index contributed by atoms with van der Waals surface area (Å²) in [4.78, 5) is 26.1. The van der Waals surface area contributed by atoms with Crippen molar-refractivity contribution in [1.29, 1.82) is 0 Å². The van der Waals surface area contributed by atoms with Gasteiger partial charge in [0.15, 0.2) is 0 Å². The number of carbonyl (C=O) groups excluding carboxylic acids is 2. The van der Waals surface area contributed by atoms with Crippen LogP contribution in [0, 0.1) is 5.82 Å². The van der Waals surface area contributed by atoms with E-state index in [2.05, 4.69) is 0 Å². The van der Waals surface area contributed by atoms with Gasteiger partial charge in [0.2, 0.25) is 0 Å². The third kappa shape index (κ3) is 7.05. The molecule has 0 N–H and O–H groups in total. The smallest absolute Gasteiger partial charge is 0.410 e. The molecule has 1 heterocycles. The number of nitrogens with zero attached hydrogens (tertiary/aromatic N) is 1. The Morgan fingerprint density at radius 2 is 1.61 bits per heavy atom. The second kappa shape index (κ2) is 9.11. The van der Waals surface area contributed by atoms with Gasteiger partial charge in [-0.3, -0.25) is 0 Å². The number of carbonyl (C=O) groups is 2. The molecule has 8 heteroatoms. The predicted molar refractivity (Wildman–Crippen MR) is 120 cm³/mol. The first-order valence-electron chi connectivity index (χ1n) is 11.5. The number of rotatable bonds is 5. The van der Waals surface area contributed by atoms with Gasteiger partial charge in [0.25, 0.3) is 0 Å². The summed E-state index contributed by atoms with van der Waals surface area (Å²) in [5.74, 6) is -1.07. The number of benzene rings is 1. The maximum absolute atomic E-state index is 15.4. The summed E-state index contributed by atoms with van der Waals surface area (Å²) in [6, 6.07) is 2.64. The first-order valence-corrected chi connectivity index (χ1v) is 11.5. The minimum atomic E-state index is -1.64. The third-order valence-electron chi connectivity index (χ3n) is 5.53. The van der Waals surface area contributed by atoms with Crippen LogP contribution >= 0.6 is 0 Å². The molecular weight excluding hydrogens is 432 g/mol. The number of amides is 1. The molecule has 1 aliphatic carbocycles. The van der Waals surface area contributed by atoms with E-state index in [1.165, 1.54) is 11.0 Å². The van der Waals surface area contributed by atoms with Crippen LogP contribution in [-0.4, -0.2) is 53.5 Å². The number of hydrogen-bond donors (Lipinski definition) is 0. The Morgan fingerprint density at radius 3 is 2.12 bits per heavy atom. The minimum absolute atomic E-state index is 0.101. The van der Waals surface area contributed by atoms with E-state index in [-0.39, 0.29) is 49.8 Å². The molecule has 6 nitrogen and oxygen atoms in total. The summed E-state index contributed by atoms with van der Waals surface area (Å²) in [5, 5.41) is 0. The summed E-state index contributed by atoms with van der Waals surface area (Å²) < 4.78 is 46.6. The van der Waals surface area contributed by atoms with Gasteiger partial charge in [-0.2, -0.15) is 0 Å². The maximum Gasteiger partial charge on any atom is 0.410 e. The Bertz CT molecular complexity index is 891. The first-order chi connectivity index (χ1) is 15.2. The highest BCUT2D eigenvalue weighted by Crippen LogP contribution is 2.45. The van der Waals surface area contributed by atoms with E-state index in [4.69, 9.17) is 14.2 Å². The highest BCUT2D eigenvalue weighted by Gasteiger charge is 2.39. The minimum Gasteiger partial charge on any atom is -0.490 e. The van der Waals surface area contributed by atoms with Crippen LogP contribution in [0.1, 0.15) is 89.1 Å². The van der Waals surface area contributed by atoms with Gasteiger partial charge in [0, 0.05) is 32.0 Å². The monoisotopic (exact) mass is 467 g/mol. The molecule has 184 valence electrons. The van der Waals surface area contributed by atoms with Crippen LogP contribution in [0.2, 0.25) is 0 Å². The molecule has 1 aliphatic heterocycles. The van der Waals surface area contributed by atoms with Crippen LogP contribution < -0.4 is 4.74 Å². The molecule has 33 heavy (non-hydrogen) atoms. The first kappa shape index (κ1) is 25.2. The van der Waals surface area contributed by atoms with Crippen molar-refractivity contribution in [3.05, 3.63) is 29.1 Å². The largest absolute Gasteiger partial charge is 0.490 e. The van der Waals surface area contributed by atoms with Crippen molar-refractivity contribution in [2.75, 3.05) is 19.7 Å². The van der Waals surface area contributed by atoms with Crippen LogP contribution in [0.5, 0.6) is 5.75 Å². The summed E-state index contributed by atoms with van der Waals surface area (Å²) in [6.07, 6.45) is 1.55. The average Bonchev–Trinajstić information content (AvgIpc) is 3.49. The number of alkyl halides is 1. The number of likely N-dealkylation sites (tertiary alicyclic amines) is 1. The molecule has 0 atom stereocenters. The van der Waals surface area contributed by atoms with Crippen molar-refractivity contribution in [1.82, 2.24) is 4.90 Å². The molecule has 3 rings (SSSR count). The van der Waals surface area contributed by atoms with Crippen LogP contribution in [0.15, 0.2) is 12.1 Å². The zero-order chi connectivity index (χ0) is 24.6. The molecular formula is C25H35F2NO5. The molecule has 1 saturated carbocycles. The summed E-state index contributed by atoms with van der Waals surface area (Å²) in [5.41, 5.74) is -2.43. The molecule has 1 amide bonds. The van der Waals surface area contributed by atoms with Gasteiger partial charge in [-0.15, -0.1) is 0 Å². The third-order valence-corrected chi connectivity index (χ3v) is 5.53. The van der Waals surface area contributed by atoms with Gasteiger partial charge in [-0.05, 0) is 71.9 Å². The second-order valence-corrected chi connectivity index (χ2v) is 11.1.